The number of carboxylic acid groups (broad SMARTS) is 4. The number of piperidine rings is 4. The van der Waals surface area contributed by atoms with Gasteiger partial charge in [-0.05, 0) is 340 Å². The summed E-state index contributed by atoms with van der Waals surface area (Å²) >= 11 is 0. The number of hydrogen-bond donors (Lipinski definition) is 4. The molecule has 0 spiro atoms. The summed E-state index contributed by atoms with van der Waals surface area (Å²) in [5, 5.41) is 38.6. The molecule has 18 rings (SSSR count). The summed E-state index contributed by atoms with van der Waals surface area (Å²) in [6.07, 6.45) is 27.7. The summed E-state index contributed by atoms with van der Waals surface area (Å²) in [6, 6.07) is 18.1. The zero-order valence-corrected chi connectivity index (χ0v) is 90.0. The molecule has 4 saturated heterocycles. The second kappa shape index (κ2) is 50.5. The van der Waals surface area contributed by atoms with Crippen molar-refractivity contribution in [2.75, 3.05) is 136 Å². The number of hydrogen-bond acceptors (Lipinski definition) is 24. The van der Waals surface area contributed by atoms with Gasteiger partial charge in [0.1, 0.15) is 0 Å². The molecule has 9 fully saturated rings. The third kappa shape index (κ3) is 26.2. The van der Waals surface area contributed by atoms with Crippen LogP contribution in [0.25, 0.3) is 0 Å². The number of carbonyl (C=O) groups is 8. The highest BCUT2D eigenvalue weighted by molar-refractivity contribution is 5.77. The smallest absolute Gasteiger partial charge is 0.307 e. The molecule has 806 valence electrons. The van der Waals surface area contributed by atoms with Gasteiger partial charge in [0.2, 0.25) is 0 Å². The lowest BCUT2D eigenvalue weighted by Crippen LogP contribution is -2.47. The number of carbonyl (C=O) groups excluding carboxylic acids is 4. The van der Waals surface area contributed by atoms with Crippen molar-refractivity contribution < 1.29 is 116 Å². The monoisotopic (exact) mass is 2030 g/mol. The Balaban J connectivity index is 0.000000146. The van der Waals surface area contributed by atoms with Gasteiger partial charge >= 0.3 is 47.8 Å². The highest BCUT2D eigenvalue weighted by Gasteiger charge is 2.54. The van der Waals surface area contributed by atoms with Crippen LogP contribution >= 0.6 is 0 Å². The molecule has 24 atom stereocenters. The van der Waals surface area contributed by atoms with Gasteiger partial charge in [0.15, 0.2) is 46.0 Å². The second-order valence-corrected chi connectivity index (χ2v) is 47.1. The third-order valence-corrected chi connectivity index (χ3v) is 36.4. The molecule has 0 aromatic heterocycles. The largest absolute Gasteiger partial charge is 0.493 e. The van der Waals surface area contributed by atoms with Gasteiger partial charge in [-0.25, -0.2) is 0 Å². The molecule has 6 aliphatic carbocycles. The Kier molecular flexibility index (Phi) is 38.3. The highest BCUT2D eigenvalue weighted by atomic mass is 16.6. The van der Waals surface area contributed by atoms with Gasteiger partial charge in [-0.3, -0.25) is 58.0 Å². The standard InChI is InChI=1S/C30H43NO6.C30H41NO6.2C29H43NO6/c2*1-17(2)9-21-15-31-8-7-19-12-26(35-3)27(36-4)13-23(19)25(31)11-22(21)16-37-28(32)14-24-18-5-6-20(10-18)29(24)30(33)34;2*1-18(2)11-21-16-30-10-9-20-13-26(34-3)27(35-4)15-24(20)25(30)12-22(21)17-36-28(31)14-19-7-5-6-8-23(19)29(32)33/h12-13,17-18,20-22,24-25,29H,5-11,14-16H2,1-4H3,(H,33,34);5-6,12-13,17-18,20-22,24-25,29H,7-11,14-16H2,1-4H3,(H,33,34);2*13,15,18-19,21-23,25H,5-12,14,16-17H2,1-4H3,(H,32,33)/t18?,20?,21-,22+,24?,25-,29?;18-,20+,21-,22+,24-,25-,29+;19?,21-,22+,23?,25-;19-,21+,22-,23+,25+/m1110/s1. The number of benzene rings is 4. The Morgan fingerprint density at radius 3 is 0.856 bits per heavy atom. The molecule has 6 unspecified atom stereocenters. The lowest BCUT2D eigenvalue weighted by atomic mass is 9.74. The van der Waals surface area contributed by atoms with Crippen molar-refractivity contribution in [2.24, 2.45) is 142 Å². The van der Waals surface area contributed by atoms with Crippen LogP contribution in [-0.4, -0.2) is 223 Å². The molecular weight excluding hydrogens is 1860 g/mol. The Hall–Kier alpha value is -9.38. The molecule has 4 N–H and O–H groups in total. The Bertz CT molecular complexity index is 5020. The number of esters is 4. The third-order valence-electron chi connectivity index (χ3n) is 36.4. The average Bonchev–Trinajstić information content (AvgIpc) is 1.18. The normalized spacial score (nSPS) is 30.3. The predicted octanol–water partition coefficient (Wildman–Crippen LogP) is 19.9. The Morgan fingerprint density at radius 1 is 0.295 bits per heavy atom. The first kappa shape index (κ1) is 111. The maximum absolute atomic E-state index is 13.0. The van der Waals surface area contributed by atoms with Crippen molar-refractivity contribution in [1.82, 2.24) is 19.6 Å². The van der Waals surface area contributed by atoms with E-state index in [1.165, 1.54) is 44.5 Å². The molecule has 0 amide bonds. The van der Waals surface area contributed by atoms with Crippen LogP contribution in [0.2, 0.25) is 0 Å². The molecular formula is C118H170N4O24. The first-order valence-corrected chi connectivity index (χ1v) is 55.3. The number of rotatable bonds is 36. The van der Waals surface area contributed by atoms with Gasteiger partial charge in [0.25, 0.3) is 0 Å². The maximum atomic E-state index is 13.0. The number of carboxylic acids is 4. The fourth-order valence-corrected chi connectivity index (χ4v) is 29.4. The zero-order chi connectivity index (χ0) is 104. The fourth-order valence-electron chi connectivity index (χ4n) is 29.4. The van der Waals surface area contributed by atoms with Crippen molar-refractivity contribution >= 4 is 47.8 Å². The van der Waals surface area contributed by atoms with Crippen molar-refractivity contribution in [2.45, 2.75) is 259 Å². The minimum Gasteiger partial charge on any atom is -0.493 e. The molecule has 8 aliphatic heterocycles. The van der Waals surface area contributed by atoms with E-state index in [-0.39, 0.29) is 145 Å². The molecule has 5 saturated carbocycles. The van der Waals surface area contributed by atoms with Crippen LogP contribution in [0.3, 0.4) is 0 Å². The minimum atomic E-state index is -0.790. The van der Waals surface area contributed by atoms with Crippen molar-refractivity contribution in [3.63, 3.8) is 0 Å². The van der Waals surface area contributed by atoms with Crippen LogP contribution in [-0.2, 0) is 83.0 Å². The van der Waals surface area contributed by atoms with Gasteiger partial charge < -0.3 is 77.3 Å². The fraction of sp³-hybridized carbons (Fsp3) is 0.712. The molecule has 14 aliphatic rings. The summed E-state index contributed by atoms with van der Waals surface area (Å²) in [4.78, 5) is 109. The number of aliphatic carboxylic acids is 4. The maximum Gasteiger partial charge on any atom is 0.307 e. The number of methoxy groups -OCH3 is 8. The zero-order valence-electron chi connectivity index (χ0n) is 90.0. The van der Waals surface area contributed by atoms with Crippen LogP contribution in [0.1, 0.15) is 278 Å². The van der Waals surface area contributed by atoms with Gasteiger partial charge in [-0.15, -0.1) is 0 Å². The van der Waals surface area contributed by atoms with E-state index in [9.17, 15) is 58.8 Å². The second-order valence-electron chi connectivity index (χ2n) is 47.1. The minimum absolute atomic E-state index is 0.0574. The van der Waals surface area contributed by atoms with E-state index >= 15 is 0 Å². The van der Waals surface area contributed by atoms with Crippen LogP contribution in [0.15, 0.2) is 60.7 Å². The summed E-state index contributed by atoms with van der Waals surface area (Å²) < 4.78 is 68.2. The molecule has 28 nitrogen and oxygen atoms in total. The topological polar surface area (TPSA) is 341 Å². The summed E-state index contributed by atoms with van der Waals surface area (Å²) in [7, 11) is 13.4. The molecule has 8 heterocycles. The van der Waals surface area contributed by atoms with E-state index in [0.29, 0.717) is 92.5 Å². The lowest BCUT2D eigenvalue weighted by Gasteiger charge is -2.47. The SMILES string of the molecule is COc1cc2c(cc1OC)[C@H]1C[C@@H](COC(=O)CC3C4CCC(C4)C3C(=O)O)[C@H](CC(C)C)CN1CC2.COc1cc2c(cc1OC)[C@H]1C[C@@H](COC(=O)CC3CCCCC3C(=O)O)[C@H](CC(C)C)CN1CC2.COc1cc2c(cc1OC)[C@H]1C[C@@H](COC(=O)C[C@@H]3CCCC[C@H]3C(=O)O)[C@H](CC(C)C)CN1CC2.COc1cc2c(cc1OC)[C@H]1C[C@@H](COC(=O)C[C@H]3[C@@H](C(=O)O)[C@H]4C=C[C@@H]3C4)[C@H](CC(C)C)CN1CC2. The van der Waals surface area contributed by atoms with E-state index < -0.39 is 41.6 Å². The molecule has 0 radical (unpaired) electrons. The number of ether oxygens (including phenoxy) is 12. The number of allylic oxidation sites excluding steroid dienone is 2. The van der Waals surface area contributed by atoms with E-state index in [2.05, 4.69) is 130 Å². The molecule has 4 aromatic carbocycles. The number of fused-ring (bicyclic) bond motifs is 16. The van der Waals surface area contributed by atoms with Gasteiger partial charge in [-0.1, -0.05) is 93.2 Å². The highest BCUT2D eigenvalue weighted by Crippen LogP contribution is 2.57. The van der Waals surface area contributed by atoms with Crippen molar-refractivity contribution in [3.05, 3.63) is 105 Å². The summed E-state index contributed by atoms with van der Waals surface area (Å²) in [6.45, 7) is 27.8. The van der Waals surface area contributed by atoms with E-state index in [1.807, 2.05) is 6.08 Å². The summed E-state index contributed by atoms with van der Waals surface area (Å²) in [5.41, 5.74) is 10.4. The molecule has 4 bridgehead atoms. The van der Waals surface area contributed by atoms with Gasteiger partial charge in [0, 0.05) is 102 Å². The first-order chi connectivity index (χ1) is 70.2. The Morgan fingerprint density at radius 2 is 0.568 bits per heavy atom. The quantitative estimate of drug-likeness (QED) is 0.0187. The van der Waals surface area contributed by atoms with Crippen LogP contribution in [0.5, 0.6) is 46.0 Å². The molecule has 146 heavy (non-hydrogen) atoms. The van der Waals surface area contributed by atoms with Crippen molar-refractivity contribution in [1.29, 1.82) is 0 Å². The van der Waals surface area contributed by atoms with E-state index in [4.69, 9.17) is 56.8 Å². The number of nitrogens with zero attached hydrogens (tertiary/aromatic N) is 4. The average molecular weight is 2030 g/mol. The van der Waals surface area contributed by atoms with Crippen LogP contribution < -0.4 is 37.9 Å². The van der Waals surface area contributed by atoms with Crippen molar-refractivity contribution in [3.8, 4) is 46.0 Å². The van der Waals surface area contributed by atoms with E-state index in [0.717, 1.165) is 240 Å². The van der Waals surface area contributed by atoms with Gasteiger partial charge in [-0.2, -0.15) is 0 Å². The van der Waals surface area contributed by atoms with Crippen LogP contribution in [0.4, 0.5) is 0 Å². The molecule has 4 aromatic rings. The predicted molar refractivity (Wildman–Crippen MR) is 554 cm³/mol. The van der Waals surface area contributed by atoms with Gasteiger partial charge in [0.05, 0.1) is 107 Å². The molecule has 28 heteroatoms. The summed E-state index contributed by atoms with van der Waals surface area (Å²) in [5.74, 6) is 6.04. The Labute approximate surface area is 866 Å². The van der Waals surface area contributed by atoms with Crippen LogP contribution in [0, 0.1) is 142 Å². The lowest BCUT2D eigenvalue weighted by molar-refractivity contribution is -0.153. The first-order valence-electron chi connectivity index (χ1n) is 55.3. The van der Waals surface area contributed by atoms with E-state index in [1.54, 1.807) is 56.9 Å².